The quantitative estimate of drug-likeness (QED) is 0.196. The molecule has 2 aromatic carbocycles. The van der Waals surface area contributed by atoms with Gasteiger partial charge in [-0.2, -0.15) is 0 Å². The summed E-state index contributed by atoms with van der Waals surface area (Å²) in [5.41, 5.74) is 22.3. The average Bonchev–Trinajstić information content (AvgIpc) is 3.12. The van der Waals surface area contributed by atoms with Crippen molar-refractivity contribution in [2.75, 3.05) is 7.05 Å². The minimum atomic E-state index is 0.472. The highest BCUT2D eigenvalue weighted by Crippen LogP contribution is 2.44. The lowest BCUT2D eigenvalue weighted by Crippen LogP contribution is -2.05. The maximum absolute atomic E-state index is 8.00. The van der Waals surface area contributed by atoms with Crippen LogP contribution >= 0.6 is 23.8 Å². The maximum atomic E-state index is 8.00. The summed E-state index contributed by atoms with van der Waals surface area (Å²) in [5, 5.41) is 1.81. The summed E-state index contributed by atoms with van der Waals surface area (Å²) in [6, 6.07) is 4.43. The van der Waals surface area contributed by atoms with E-state index in [1.54, 1.807) is 11.1 Å². The predicted molar refractivity (Wildman–Crippen MR) is 229 cm³/mol. The fourth-order valence-electron chi connectivity index (χ4n) is 6.23. The van der Waals surface area contributed by atoms with Gasteiger partial charge < -0.3 is 15.5 Å². The molecule has 0 bridgehead atoms. The Morgan fingerprint density at radius 1 is 0.920 bits per heavy atom. The van der Waals surface area contributed by atoms with Crippen molar-refractivity contribution >= 4 is 47.1 Å². The summed E-state index contributed by atoms with van der Waals surface area (Å²) in [6.07, 6.45) is 9.51. The first-order chi connectivity index (χ1) is 23.8. The number of nitrogens with zero attached hydrogens (tertiary/aromatic N) is 1. The van der Waals surface area contributed by atoms with Gasteiger partial charge >= 0.3 is 0 Å². The molecule has 0 fully saturated rings. The highest BCUT2D eigenvalue weighted by molar-refractivity contribution is 7.71. The fraction of sp³-hybridized carbons (Fsp3) is 0.477. The zero-order chi connectivity index (χ0) is 39.3. The number of rotatable bonds is 6. The van der Waals surface area contributed by atoms with Crippen molar-refractivity contribution < 1.29 is 4.79 Å². The standard InChI is InChI=1S/C26H31ClN2S.C11H18.C3H8.C2H4.CH5N.CH2O/c1-9-18-19(10-2)23(24(27)25-22(18)17(8)28-26(30)29-25)20-12-11-14(5)16(7)21(20)15(6)13(3)4;1-4-9(2)11-8-6-5-7-10(11)3;1-3-2;3*1-2/h11-12H,9-10H2,1-8H3,(H,28,29,30);2,4-8H2,1,3H3;3H2,1-2H3;1-2H2;2H2,1H3;1H2. The first-order valence-electron chi connectivity index (χ1n) is 18.0. The summed E-state index contributed by atoms with van der Waals surface area (Å²) < 4.78 is 0.472. The van der Waals surface area contributed by atoms with E-state index in [1.165, 1.54) is 89.3 Å². The third-order valence-electron chi connectivity index (χ3n) is 8.95. The van der Waals surface area contributed by atoms with E-state index in [1.807, 2.05) is 6.79 Å². The summed E-state index contributed by atoms with van der Waals surface area (Å²) in [6.45, 7) is 38.2. The molecule has 0 amide bonds. The number of aromatic amines is 1. The Labute approximate surface area is 316 Å². The first kappa shape index (κ1) is 49.0. The maximum Gasteiger partial charge on any atom is 0.197 e. The molecule has 1 aliphatic carbocycles. The normalized spacial score (nSPS) is 11.5. The van der Waals surface area contributed by atoms with Crippen LogP contribution in [0, 0.1) is 25.5 Å². The number of nitrogens with two attached hydrogens (primary N) is 1. The van der Waals surface area contributed by atoms with Crippen LogP contribution in [0.15, 0.2) is 54.2 Å². The number of carbonyl (C=O) groups excluding carboxylic acids is 1. The van der Waals surface area contributed by atoms with Crippen LogP contribution in [0.5, 0.6) is 0 Å². The third kappa shape index (κ3) is 12.6. The van der Waals surface area contributed by atoms with Gasteiger partial charge in [-0.05, 0) is 157 Å². The molecule has 0 unspecified atom stereocenters. The molecule has 1 aromatic heterocycles. The Bertz CT molecular complexity index is 1660. The van der Waals surface area contributed by atoms with E-state index >= 15 is 0 Å². The number of benzene rings is 2. The van der Waals surface area contributed by atoms with Crippen LogP contribution in [0.2, 0.25) is 5.02 Å². The molecule has 0 saturated carbocycles. The highest BCUT2D eigenvalue weighted by Gasteiger charge is 2.23. The molecular formula is C44H68ClN3OS. The van der Waals surface area contributed by atoms with Gasteiger partial charge in [0.25, 0.3) is 0 Å². The van der Waals surface area contributed by atoms with Crippen molar-refractivity contribution in [2.45, 2.75) is 134 Å². The van der Waals surface area contributed by atoms with E-state index in [2.05, 4.69) is 131 Å². The van der Waals surface area contributed by atoms with E-state index in [4.69, 9.17) is 28.6 Å². The number of halogens is 1. The van der Waals surface area contributed by atoms with E-state index in [9.17, 15) is 0 Å². The van der Waals surface area contributed by atoms with Gasteiger partial charge in [0.2, 0.25) is 0 Å². The predicted octanol–water partition coefficient (Wildman–Crippen LogP) is 13.9. The number of carbonyl (C=O) groups is 1. The molecule has 4 nitrogen and oxygen atoms in total. The van der Waals surface area contributed by atoms with Crippen molar-refractivity contribution in [2.24, 2.45) is 5.73 Å². The molecule has 278 valence electrons. The van der Waals surface area contributed by atoms with Crippen molar-refractivity contribution in [3.8, 4) is 11.1 Å². The smallest absolute Gasteiger partial charge is 0.197 e. The van der Waals surface area contributed by atoms with E-state index in [0.29, 0.717) is 9.79 Å². The molecule has 0 saturated heterocycles. The number of aromatic nitrogens is 2. The molecule has 0 atom stereocenters. The van der Waals surface area contributed by atoms with Crippen LogP contribution in [0.3, 0.4) is 0 Å². The lowest BCUT2D eigenvalue weighted by atomic mass is 9.83. The van der Waals surface area contributed by atoms with Crippen LogP contribution in [-0.2, 0) is 17.6 Å². The molecular weight excluding hydrogens is 654 g/mol. The van der Waals surface area contributed by atoms with Gasteiger partial charge in [-0.3, -0.25) is 0 Å². The largest absolute Gasteiger partial charge is 0.334 e. The Morgan fingerprint density at radius 2 is 1.44 bits per heavy atom. The molecule has 0 aliphatic heterocycles. The van der Waals surface area contributed by atoms with Gasteiger partial charge in [-0.1, -0.05) is 88.1 Å². The van der Waals surface area contributed by atoms with Gasteiger partial charge in [0.1, 0.15) is 6.79 Å². The molecule has 3 N–H and O–H groups in total. The van der Waals surface area contributed by atoms with Crippen molar-refractivity contribution in [3.05, 3.63) is 97.5 Å². The molecule has 1 heterocycles. The number of fused-ring (bicyclic) bond motifs is 1. The number of H-pyrrole nitrogens is 1. The number of nitrogens with one attached hydrogen (secondary N) is 1. The zero-order valence-electron chi connectivity index (χ0n) is 33.9. The van der Waals surface area contributed by atoms with Gasteiger partial charge in [0.15, 0.2) is 4.77 Å². The Balaban J connectivity index is 0. The summed E-state index contributed by atoms with van der Waals surface area (Å²) in [4.78, 5) is 15.9. The molecule has 3 aromatic rings. The second-order valence-electron chi connectivity index (χ2n) is 12.4. The summed E-state index contributed by atoms with van der Waals surface area (Å²) >= 11 is 12.5. The second-order valence-corrected chi connectivity index (χ2v) is 13.2. The Morgan fingerprint density at radius 3 is 1.90 bits per heavy atom. The fourth-order valence-corrected chi connectivity index (χ4v) is 6.83. The Hall–Kier alpha value is -3.12. The van der Waals surface area contributed by atoms with Crippen molar-refractivity contribution in [1.82, 2.24) is 9.97 Å². The molecule has 4 rings (SSSR count). The number of allylic oxidation sites excluding steroid dienone is 5. The molecule has 6 heteroatoms. The van der Waals surface area contributed by atoms with Crippen LogP contribution in [-0.4, -0.2) is 23.8 Å². The van der Waals surface area contributed by atoms with Crippen molar-refractivity contribution in [3.63, 3.8) is 0 Å². The lowest BCUT2D eigenvalue weighted by molar-refractivity contribution is -0.0980. The number of hydrogen-bond acceptors (Lipinski definition) is 4. The number of aryl methyl sites for hydroxylation is 3. The van der Waals surface area contributed by atoms with Crippen LogP contribution < -0.4 is 5.73 Å². The molecule has 50 heavy (non-hydrogen) atoms. The third-order valence-corrected chi connectivity index (χ3v) is 9.51. The van der Waals surface area contributed by atoms with Crippen LogP contribution in [0.25, 0.3) is 27.6 Å². The lowest BCUT2D eigenvalue weighted by Gasteiger charge is -2.23. The van der Waals surface area contributed by atoms with Gasteiger partial charge in [-0.15, -0.1) is 13.2 Å². The minimum absolute atomic E-state index is 0.472. The monoisotopic (exact) mass is 721 g/mol. The molecule has 0 spiro atoms. The van der Waals surface area contributed by atoms with Crippen LogP contribution in [0.4, 0.5) is 0 Å². The van der Waals surface area contributed by atoms with E-state index in [0.717, 1.165) is 41.4 Å². The van der Waals surface area contributed by atoms with Gasteiger partial charge in [-0.25, -0.2) is 4.98 Å². The second kappa shape index (κ2) is 25.8. The SMILES string of the molecule is C=C.C=C(CC)C1=C(C)CCCC1.C=O.CCC.CCc1c(-c2ccc(C)c(C)c2C(C)=C(C)C)c(Cl)c2nc(=S)[nH]c(C)c2c1CC.CN. The molecule has 0 radical (unpaired) electrons. The summed E-state index contributed by atoms with van der Waals surface area (Å²) in [7, 11) is 1.50. The van der Waals surface area contributed by atoms with Gasteiger partial charge in [0.05, 0.1) is 10.5 Å². The topological polar surface area (TPSA) is 71.8 Å². The highest BCUT2D eigenvalue weighted by atomic mass is 35.5. The zero-order valence-corrected chi connectivity index (χ0v) is 35.4. The number of hydrogen-bond donors (Lipinski definition) is 2. The minimum Gasteiger partial charge on any atom is -0.334 e. The van der Waals surface area contributed by atoms with Crippen LogP contribution in [0.1, 0.15) is 134 Å². The van der Waals surface area contributed by atoms with E-state index < -0.39 is 0 Å². The van der Waals surface area contributed by atoms with Gasteiger partial charge in [0, 0.05) is 16.6 Å². The average molecular weight is 723 g/mol. The first-order valence-corrected chi connectivity index (χ1v) is 18.8. The summed E-state index contributed by atoms with van der Waals surface area (Å²) in [5.74, 6) is 0. The molecule has 1 aliphatic rings. The van der Waals surface area contributed by atoms with E-state index in [-0.39, 0.29) is 0 Å². The van der Waals surface area contributed by atoms with Crippen molar-refractivity contribution in [1.29, 1.82) is 0 Å². The Kier molecular flexibility index (Phi) is 25.3.